The van der Waals surface area contributed by atoms with Crippen LogP contribution in [0.15, 0.2) is 48.7 Å². The largest absolute Gasteiger partial charge is 0.485 e. The molecule has 0 bridgehead atoms. The van der Waals surface area contributed by atoms with Crippen LogP contribution in [0.3, 0.4) is 0 Å². The molecule has 2 aromatic rings. The zero-order chi connectivity index (χ0) is 16.9. The Labute approximate surface area is 142 Å². The van der Waals surface area contributed by atoms with E-state index < -0.39 is 0 Å². The highest BCUT2D eigenvalue weighted by atomic mass is 16.5. The Morgan fingerprint density at radius 1 is 1.33 bits per heavy atom. The number of para-hydroxylation sites is 2. The summed E-state index contributed by atoms with van der Waals surface area (Å²) in [6, 6.07) is 13.2. The number of hydrogen-bond donors (Lipinski definition) is 1. The summed E-state index contributed by atoms with van der Waals surface area (Å²) in [7, 11) is 1.76. The number of benzene rings is 1. The fourth-order valence-electron chi connectivity index (χ4n) is 2.80. The summed E-state index contributed by atoms with van der Waals surface area (Å²) in [5.41, 5.74) is 1.11. The average molecular weight is 326 g/mol. The minimum atomic E-state index is -0.195. The molecular formula is C18H22N4O2. The molecule has 126 valence electrons. The molecule has 6 heteroatoms. The lowest BCUT2D eigenvalue weighted by molar-refractivity contribution is 0.150. The van der Waals surface area contributed by atoms with Gasteiger partial charge in [-0.1, -0.05) is 18.2 Å². The number of nitrogens with one attached hydrogen (secondary N) is 1. The minimum absolute atomic E-state index is 0.0701. The van der Waals surface area contributed by atoms with Crippen molar-refractivity contribution in [3.05, 3.63) is 48.7 Å². The maximum absolute atomic E-state index is 12.3. The van der Waals surface area contributed by atoms with Crippen LogP contribution in [0.1, 0.15) is 6.92 Å². The molecule has 1 aliphatic rings. The molecule has 2 heterocycles. The number of ether oxygens (including phenoxy) is 1. The van der Waals surface area contributed by atoms with Gasteiger partial charge in [-0.2, -0.15) is 0 Å². The highest BCUT2D eigenvalue weighted by Crippen LogP contribution is 2.32. The number of rotatable bonds is 4. The van der Waals surface area contributed by atoms with Gasteiger partial charge in [0.1, 0.15) is 17.7 Å². The lowest BCUT2D eigenvalue weighted by Crippen LogP contribution is -2.47. The summed E-state index contributed by atoms with van der Waals surface area (Å²) < 4.78 is 6.06. The molecule has 1 aromatic heterocycles. The second kappa shape index (κ2) is 7.21. The minimum Gasteiger partial charge on any atom is -0.485 e. The monoisotopic (exact) mass is 326 g/mol. The van der Waals surface area contributed by atoms with Crippen LogP contribution in [0.5, 0.6) is 5.75 Å². The Bertz CT molecular complexity index is 692. The number of carbonyl (C=O) groups excluding carboxylic acids is 1. The smallest absolute Gasteiger partial charge is 0.322 e. The third-order valence-electron chi connectivity index (χ3n) is 4.03. The fourth-order valence-corrected chi connectivity index (χ4v) is 2.80. The van der Waals surface area contributed by atoms with E-state index in [1.165, 1.54) is 0 Å². The lowest BCUT2D eigenvalue weighted by Gasteiger charge is -2.37. The summed E-state index contributed by atoms with van der Waals surface area (Å²) in [4.78, 5) is 20.3. The van der Waals surface area contributed by atoms with Crippen molar-refractivity contribution in [1.29, 1.82) is 0 Å². The number of urea groups is 1. The summed E-state index contributed by atoms with van der Waals surface area (Å²) in [5.74, 6) is 1.41. The van der Waals surface area contributed by atoms with Crippen molar-refractivity contribution in [2.75, 3.05) is 36.9 Å². The Hall–Kier alpha value is -2.76. The van der Waals surface area contributed by atoms with Crippen LogP contribution in [0.25, 0.3) is 0 Å². The average Bonchev–Trinajstić information content (AvgIpc) is 2.61. The van der Waals surface area contributed by atoms with Gasteiger partial charge in [0, 0.05) is 19.8 Å². The van der Waals surface area contributed by atoms with E-state index in [4.69, 9.17) is 4.74 Å². The van der Waals surface area contributed by atoms with Crippen molar-refractivity contribution < 1.29 is 9.53 Å². The number of fused-ring (bicyclic) bond motifs is 1. The number of amides is 2. The van der Waals surface area contributed by atoms with Crippen LogP contribution in [0.4, 0.5) is 16.3 Å². The quantitative estimate of drug-likeness (QED) is 0.939. The number of pyridine rings is 1. The van der Waals surface area contributed by atoms with Gasteiger partial charge in [-0.3, -0.25) is 5.32 Å². The zero-order valence-electron chi connectivity index (χ0n) is 14.0. The van der Waals surface area contributed by atoms with Crippen molar-refractivity contribution in [3.8, 4) is 5.75 Å². The standard InChI is InChI=1S/C18H22N4O2/c1-3-22-13-14(24-16-9-5-4-8-15(16)22)12-21(2)18(23)20-17-10-6-7-11-19-17/h4-11,14H,3,12-13H2,1-2H3,(H,19,20,23). The van der Waals surface area contributed by atoms with E-state index in [0.717, 1.165) is 24.5 Å². The molecule has 1 aliphatic heterocycles. The van der Waals surface area contributed by atoms with Gasteiger partial charge in [-0.25, -0.2) is 9.78 Å². The molecular weight excluding hydrogens is 304 g/mol. The third kappa shape index (κ3) is 3.59. The number of nitrogens with zero attached hydrogens (tertiary/aromatic N) is 3. The van der Waals surface area contributed by atoms with Crippen LogP contribution in [0.2, 0.25) is 0 Å². The van der Waals surface area contributed by atoms with Crippen molar-refractivity contribution in [1.82, 2.24) is 9.88 Å². The van der Waals surface area contributed by atoms with Gasteiger partial charge in [0.15, 0.2) is 0 Å². The van der Waals surface area contributed by atoms with Gasteiger partial charge in [0.25, 0.3) is 0 Å². The SMILES string of the molecule is CCN1CC(CN(C)C(=O)Nc2ccccn2)Oc2ccccc21. The predicted molar refractivity (Wildman–Crippen MR) is 94.6 cm³/mol. The van der Waals surface area contributed by atoms with E-state index in [1.807, 2.05) is 30.3 Å². The maximum Gasteiger partial charge on any atom is 0.322 e. The van der Waals surface area contributed by atoms with E-state index >= 15 is 0 Å². The van der Waals surface area contributed by atoms with Gasteiger partial charge in [-0.15, -0.1) is 0 Å². The Morgan fingerprint density at radius 3 is 2.88 bits per heavy atom. The molecule has 3 rings (SSSR count). The summed E-state index contributed by atoms with van der Waals surface area (Å²) >= 11 is 0. The molecule has 0 radical (unpaired) electrons. The van der Waals surface area contributed by atoms with Crippen molar-refractivity contribution >= 4 is 17.5 Å². The molecule has 0 saturated carbocycles. The van der Waals surface area contributed by atoms with E-state index in [9.17, 15) is 4.79 Å². The van der Waals surface area contributed by atoms with E-state index in [1.54, 1.807) is 24.2 Å². The molecule has 1 N–H and O–H groups in total. The van der Waals surface area contributed by atoms with Gasteiger partial charge in [-0.05, 0) is 31.2 Å². The van der Waals surface area contributed by atoms with Crippen molar-refractivity contribution in [2.24, 2.45) is 0 Å². The summed E-state index contributed by atoms with van der Waals surface area (Å²) in [6.45, 7) is 4.29. The molecule has 1 aromatic carbocycles. The third-order valence-corrected chi connectivity index (χ3v) is 4.03. The second-order valence-electron chi connectivity index (χ2n) is 5.77. The summed E-state index contributed by atoms with van der Waals surface area (Å²) in [5, 5.41) is 2.78. The first-order chi connectivity index (χ1) is 11.7. The van der Waals surface area contributed by atoms with Gasteiger partial charge >= 0.3 is 6.03 Å². The van der Waals surface area contributed by atoms with E-state index in [2.05, 4.69) is 28.2 Å². The summed E-state index contributed by atoms with van der Waals surface area (Å²) in [6.07, 6.45) is 1.58. The first-order valence-electron chi connectivity index (χ1n) is 8.11. The van der Waals surface area contributed by atoms with Crippen LogP contribution in [-0.2, 0) is 0 Å². The predicted octanol–water partition coefficient (Wildman–Crippen LogP) is 2.83. The Kier molecular flexibility index (Phi) is 4.84. The van der Waals surface area contributed by atoms with Crippen molar-refractivity contribution in [3.63, 3.8) is 0 Å². The zero-order valence-corrected chi connectivity index (χ0v) is 14.0. The van der Waals surface area contributed by atoms with Crippen LogP contribution >= 0.6 is 0 Å². The molecule has 0 aliphatic carbocycles. The Morgan fingerprint density at radius 2 is 2.12 bits per heavy atom. The highest BCUT2D eigenvalue weighted by molar-refractivity contribution is 5.88. The Balaban J connectivity index is 1.62. The fraction of sp³-hybridized carbons (Fsp3) is 0.333. The van der Waals surface area contributed by atoms with Crippen LogP contribution in [0, 0.1) is 0 Å². The van der Waals surface area contributed by atoms with Gasteiger partial charge < -0.3 is 14.5 Å². The molecule has 0 fully saturated rings. The number of likely N-dealkylation sites (N-methyl/N-ethyl adjacent to an activating group) is 2. The molecule has 0 saturated heterocycles. The number of anilines is 2. The second-order valence-corrected chi connectivity index (χ2v) is 5.77. The number of carbonyl (C=O) groups is 1. The van der Waals surface area contributed by atoms with Gasteiger partial charge in [0.05, 0.1) is 18.8 Å². The maximum atomic E-state index is 12.3. The number of aromatic nitrogens is 1. The van der Waals surface area contributed by atoms with E-state index in [-0.39, 0.29) is 12.1 Å². The topological polar surface area (TPSA) is 57.7 Å². The first-order valence-corrected chi connectivity index (χ1v) is 8.11. The highest BCUT2D eigenvalue weighted by Gasteiger charge is 2.26. The molecule has 6 nitrogen and oxygen atoms in total. The van der Waals surface area contributed by atoms with Crippen LogP contribution in [-0.4, -0.2) is 48.7 Å². The molecule has 1 unspecified atom stereocenters. The molecule has 0 spiro atoms. The molecule has 1 atom stereocenters. The number of hydrogen-bond acceptors (Lipinski definition) is 4. The molecule has 24 heavy (non-hydrogen) atoms. The van der Waals surface area contributed by atoms with E-state index in [0.29, 0.717) is 12.4 Å². The lowest BCUT2D eigenvalue weighted by atomic mass is 10.2. The normalized spacial score (nSPS) is 16.1. The molecule has 2 amide bonds. The van der Waals surface area contributed by atoms with Gasteiger partial charge in [0.2, 0.25) is 0 Å². The van der Waals surface area contributed by atoms with Crippen molar-refractivity contribution in [2.45, 2.75) is 13.0 Å². The first kappa shape index (κ1) is 16.1. The van der Waals surface area contributed by atoms with Crippen LogP contribution < -0.4 is 15.0 Å².